The predicted octanol–water partition coefficient (Wildman–Crippen LogP) is 1.98. The van der Waals surface area contributed by atoms with E-state index in [1.807, 2.05) is 24.3 Å². The molecule has 0 saturated heterocycles. The molecule has 1 aromatic rings. The molecule has 0 saturated carbocycles. The second-order valence-corrected chi connectivity index (χ2v) is 4.43. The summed E-state index contributed by atoms with van der Waals surface area (Å²) in [7, 11) is 1.26. The van der Waals surface area contributed by atoms with Gasteiger partial charge in [0.2, 0.25) is 0 Å². The minimum Gasteiger partial charge on any atom is -0.468 e. The molecule has 1 unspecified atom stereocenters. The average Bonchev–Trinajstić information content (AvgIpc) is 2.73. The van der Waals surface area contributed by atoms with Gasteiger partial charge in [-0.15, -0.1) is 0 Å². The number of hydrogen-bond acceptors (Lipinski definition) is 4. The van der Waals surface area contributed by atoms with Crippen LogP contribution in [0.15, 0.2) is 30.8 Å². The van der Waals surface area contributed by atoms with Crippen molar-refractivity contribution in [3.8, 4) is 0 Å². The van der Waals surface area contributed by atoms with Crippen molar-refractivity contribution >= 4 is 17.5 Å². The zero-order chi connectivity index (χ0) is 14.0. The minimum absolute atomic E-state index is 0.210. The third-order valence-corrected chi connectivity index (χ3v) is 3.47. The topological polar surface area (TPSA) is 52.6 Å². The van der Waals surface area contributed by atoms with E-state index in [2.05, 4.69) is 6.58 Å². The molecule has 1 atom stereocenters. The van der Waals surface area contributed by atoms with E-state index in [1.54, 1.807) is 6.92 Å². The van der Waals surface area contributed by atoms with Crippen LogP contribution in [0.25, 0.3) is 5.57 Å². The summed E-state index contributed by atoms with van der Waals surface area (Å²) in [6.45, 7) is 5.83. The Bertz CT molecular complexity index is 547. The average molecular weight is 260 g/mol. The van der Waals surface area contributed by atoms with Crippen molar-refractivity contribution in [1.82, 2.24) is 0 Å². The number of hydrogen-bond donors (Lipinski definition) is 0. The van der Waals surface area contributed by atoms with E-state index >= 15 is 0 Å². The molecule has 0 heterocycles. The van der Waals surface area contributed by atoms with Gasteiger partial charge in [-0.2, -0.15) is 0 Å². The lowest BCUT2D eigenvalue weighted by Gasteiger charge is -2.24. The number of esters is 2. The Morgan fingerprint density at radius 3 is 2.58 bits per heavy atom. The third-order valence-electron chi connectivity index (χ3n) is 3.47. The van der Waals surface area contributed by atoms with E-state index in [0.29, 0.717) is 5.57 Å². The molecule has 0 N–H and O–H groups in total. The Balaban J connectivity index is 2.52. The maximum atomic E-state index is 12.3. The van der Waals surface area contributed by atoms with Crippen LogP contribution in [-0.4, -0.2) is 25.7 Å². The van der Waals surface area contributed by atoms with Gasteiger partial charge in [-0.25, -0.2) is 0 Å². The van der Waals surface area contributed by atoms with Crippen LogP contribution >= 0.6 is 0 Å². The number of benzene rings is 1. The van der Waals surface area contributed by atoms with E-state index in [1.165, 1.54) is 7.11 Å². The highest BCUT2D eigenvalue weighted by molar-refractivity contribution is 6.14. The summed E-state index contributed by atoms with van der Waals surface area (Å²) < 4.78 is 9.86. The van der Waals surface area contributed by atoms with Gasteiger partial charge in [0.1, 0.15) is 0 Å². The summed E-state index contributed by atoms with van der Waals surface area (Å²) >= 11 is 0. The zero-order valence-corrected chi connectivity index (χ0v) is 11.1. The zero-order valence-electron chi connectivity index (χ0n) is 11.1. The molecule has 0 aromatic heterocycles. The molecule has 4 heteroatoms. The summed E-state index contributed by atoms with van der Waals surface area (Å²) in [5.41, 5.74) is 0.745. The number of rotatable bonds is 3. The van der Waals surface area contributed by atoms with Crippen molar-refractivity contribution < 1.29 is 19.1 Å². The molecule has 19 heavy (non-hydrogen) atoms. The Hall–Kier alpha value is -2.10. The number of carbonyl (C=O) groups is 2. The molecule has 4 nitrogen and oxygen atoms in total. The first-order chi connectivity index (χ1) is 9.07. The van der Waals surface area contributed by atoms with Crippen LogP contribution in [0.2, 0.25) is 0 Å². The van der Waals surface area contributed by atoms with Crippen LogP contribution in [0.5, 0.6) is 0 Å². The molecule has 0 amide bonds. The summed E-state index contributed by atoms with van der Waals surface area (Å²) in [5.74, 6) is -1.21. The normalized spacial score (nSPS) is 20.8. The van der Waals surface area contributed by atoms with Crippen molar-refractivity contribution in [2.24, 2.45) is 5.41 Å². The Morgan fingerprint density at radius 1 is 1.32 bits per heavy atom. The van der Waals surface area contributed by atoms with E-state index in [0.717, 1.165) is 11.1 Å². The maximum absolute atomic E-state index is 12.3. The van der Waals surface area contributed by atoms with Crippen LogP contribution in [-0.2, 0) is 25.5 Å². The first-order valence-corrected chi connectivity index (χ1v) is 6.11. The van der Waals surface area contributed by atoms with Crippen molar-refractivity contribution in [2.75, 3.05) is 13.7 Å². The van der Waals surface area contributed by atoms with Gasteiger partial charge < -0.3 is 9.47 Å². The summed E-state index contributed by atoms with van der Waals surface area (Å²) in [5, 5.41) is 0. The van der Waals surface area contributed by atoms with Gasteiger partial charge in [0, 0.05) is 6.42 Å². The molecule has 0 aliphatic heterocycles. The van der Waals surface area contributed by atoms with Crippen molar-refractivity contribution in [3.63, 3.8) is 0 Å². The van der Waals surface area contributed by atoms with E-state index in [4.69, 9.17) is 9.47 Å². The largest absolute Gasteiger partial charge is 0.468 e. The van der Waals surface area contributed by atoms with Crippen LogP contribution < -0.4 is 0 Å². The van der Waals surface area contributed by atoms with Crippen LogP contribution in [0, 0.1) is 5.41 Å². The summed E-state index contributed by atoms with van der Waals surface area (Å²) in [6, 6.07) is 7.44. The molecular weight excluding hydrogens is 244 g/mol. The fraction of sp³-hybridized carbons (Fsp3) is 0.333. The molecule has 1 aliphatic rings. The van der Waals surface area contributed by atoms with Gasteiger partial charge in [-0.05, 0) is 23.6 Å². The Kier molecular flexibility index (Phi) is 3.42. The predicted molar refractivity (Wildman–Crippen MR) is 70.3 cm³/mol. The molecule has 0 spiro atoms. The fourth-order valence-electron chi connectivity index (χ4n) is 2.49. The number of methoxy groups -OCH3 is 1. The third kappa shape index (κ3) is 1.84. The quantitative estimate of drug-likeness (QED) is 0.616. The lowest BCUT2D eigenvalue weighted by atomic mass is 9.81. The SMILES string of the molecule is C=C1c2ccccc2CC1(C(=O)OC)C(=O)OCC. The van der Waals surface area contributed by atoms with Crippen LogP contribution in [0.3, 0.4) is 0 Å². The molecule has 0 fully saturated rings. The number of fused-ring (bicyclic) bond motifs is 1. The smallest absolute Gasteiger partial charge is 0.328 e. The number of carbonyl (C=O) groups excluding carboxylic acids is 2. The monoisotopic (exact) mass is 260 g/mol. The van der Waals surface area contributed by atoms with Gasteiger partial charge >= 0.3 is 11.9 Å². The van der Waals surface area contributed by atoms with E-state index in [-0.39, 0.29) is 13.0 Å². The van der Waals surface area contributed by atoms with Crippen LogP contribution in [0.4, 0.5) is 0 Å². The first kappa shape index (κ1) is 13.3. The second-order valence-electron chi connectivity index (χ2n) is 4.43. The fourth-order valence-corrected chi connectivity index (χ4v) is 2.49. The summed E-state index contributed by atoms with van der Waals surface area (Å²) in [4.78, 5) is 24.4. The molecule has 0 radical (unpaired) electrons. The molecule has 100 valence electrons. The van der Waals surface area contributed by atoms with Gasteiger partial charge in [-0.3, -0.25) is 9.59 Å². The molecule has 1 aliphatic carbocycles. The first-order valence-electron chi connectivity index (χ1n) is 6.11. The van der Waals surface area contributed by atoms with Gasteiger partial charge in [0.25, 0.3) is 0 Å². The second kappa shape index (κ2) is 4.88. The van der Waals surface area contributed by atoms with Crippen LogP contribution in [0.1, 0.15) is 18.1 Å². The van der Waals surface area contributed by atoms with Crippen molar-refractivity contribution in [2.45, 2.75) is 13.3 Å². The lowest BCUT2D eigenvalue weighted by molar-refractivity contribution is -0.165. The highest BCUT2D eigenvalue weighted by Crippen LogP contribution is 2.47. The lowest BCUT2D eigenvalue weighted by Crippen LogP contribution is -2.41. The minimum atomic E-state index is -1.44. The molecule has 1 aromatic carbocycles. The highest BCUT2D eigenvalue weighted by atomic mass is 16.6. The molecule has 2 rings (SSSR count). The van der Waals surface area contributed by atoms with Gasteiger partial charge in [0.05, 0.1) is 13.7 Å². The highest BCUT2D eigenvalue weighted by Gasteiger charge is 2.55. The van der Waals surface area contributed by atoms with E-state index in [9.17, 15) is 9.59 Å². The number of ether oxygens (including phenoxy) is 2. The molecular formula is C15H16O4. The van der Waals surface area contributed by atoms with Gasteiger partial charge in [0.15, 0.2) is 5.41 Å². The maximum Gasteiger partial charge on any atom is 0.328 e. The van der Waals surface area contributed by atoms with E-state index < -0.39 is 17.4 Å². The summed E-state index contributed by atoms with van der Waals surface area (Å²) in [6.07, 6.45) is 0.244. The Labute approximate surface area is 112 Å². The Morgan fingerprint density at radius 2 is 2.00 bits per heavy atom. The van der Waals surface area contributed by atoms with Crippen molar-refractivity contribution in [3.05, 3.63) is 42.0 Å². The molecule has 0 bridgehead atoms. The van der Waals surface area contributed by atoms with Gasteiger partial charge in [-0.1, -0.05) is 30.8 Å². The standard InChI is InChI=1S/C15H16O4/c1-4-19-14(17)15(13(16)18-3)9-11-7-5-6-8-12(11)10(15)2/h5-8H,2,4,9H2,1,3H3. The van der Waals surface area contributed by atoms with Crippen molar-refractivity contribution in [1.29, 1.82) is 0 Å².